The van der Waals surface area contributed by atoms with Gasteiger partial charge >= 0.3 is 0 Å². The van der Waals surface area contributed by atoms with Gasteiger partial charge in [0.1, 0.15) is 18.4 Å². The van der Waals surface area contributed by atoms with Crippen LogP contribution < -0.4 is 9.62 Å². The zero-order valence-electron chi connectivity index (χ0n) is 17.8. The van der Waals surface area contributed by atoms with Crippen LogP contribution in [0.4, 0.5) is 10.1 Å². The monoisotopic (exact) mass is 503 g/mol. The molecule has 32 heavy (non-hydrogen) atoms. The van der Waals surface area contributed by atoms with Crippen LogP contribution in [0, 0.1) is 5.82 Å². The predicted molar refractivity (Wildman–Crippen MR) is 124 cm³/mol. The normalized spacial score (nSPS) is 12.2. The van der Waals surface area contributed by atoms with E-state index in [1.165, 1.54) is 54.3 Å². The number of benzene rings is 2. The summed E-state index contributed by atoms with van der Waals surface area (Å²) in [5.41, 5.74) is 0.693. The molecule has 1 unspecified atom stereocenters. The van der Waals surface area contributed by atoms with Crippen molar-refractivity contribution in [2.24, 2.45) is 0 Å². The second-order valence-electron chi connectivity index (χ2n) is 7.12. The van der Waals surface area contributed by atoms with Gasteiger partial charge in [0, 0.05) is 23.1 Å². The number of hydrogen-bond acceptors (Lipinski definition) is 4. The maximum Gasteiger partial charge on any atom is 0.244 e. The Morgan fingerprint density at radius 3 is 2.16 bits per heavy atom. The quantitative estimate of drug-likeness (QED) is 0.567. The lowest BCUT2D eigenvalue weighted by molar-refractivity contribution is -0.139. The zero-order chi connectivity index (χ0) is 24.1. The van der Waals surface area contributed by atoms with Crippen LogP contribution in [0.25, 0.3) is 0 Å². The Kier molecular flexibility index (Phi) is 8.89. The van der Waals surface area contributed by atoms with Crippen LogP contribution in [0.1, 0.15) is 19.4 Å². The average Bonchev–Trinajstić information content (AvgIpc) is 2.69. The molecule has 0 saturated carbocycles. The number of nitrogens with one attached hydrogen (secondary N) is 1. The summed E-state index contributed by atoms with van der Waals surface area (Å²) in [7, 11) is -3.90. The third-order valence-electron chi connectivity index (χ3n) is 4.60. The van der Waals surface area contributed by atoms with Crippen LogP contribution in [0.5, 0.6) is 0 Å². The molecular formula is C21H24Cl2FN3O4S. The molecule has 0 saturated heterocycles. The van der Waals surface area contributed by atoms with Crippen molar-refractivity contribution in [2.45, 2.75) is 26.4 Å². The molecule has 2 aromatic rings. The largest absolute Gasteiger partial charge is 0.355 e. The second kappa shape index (κ2) is 11.0. The fourth-order valence-electron chi connectivity index (χ4n) is 2.99. The summed E-state index contributed by atoms with van der Waals surface area (Å²) in [6, 6.07) is 8.75. The van der Waals surface area contributed by atoms with Gasteiger partial charge in [-0.25, -0.2) is 12.8 Å². The number of amides is 2. The van der Waals surface area contributed by atoms with E-state index in [1.807, 2.05) is 0 Å². The van der Waals surface area contributed by atoms with Crippen molar-refractivity contribution in [3.63, 3.8) is 0 Å². The Hall–Kier alpha value is -2.36. The molecule has 0 heterocycles. The number of carbonyl (C=O) groups is 2. The molecule has 0 bridgehead atoms. The Balaban J connectivity index is 2.40. The van der Waals surface area contributed by atoms with Gasteiger partial charge in [0.05, 0.1) is 11.9 Å². The molecule has 0 aliphatic heterocycles. The molecule has 11 heteroatoms. The Morgan fingerprint density at radius 1 is 1.09 bits per heavy atom. The third-order valence-corrected chi connectivity index (χ3v) is 6.18. The molecule has 2 aromatic carbocycles. The van der Waals surface area contributed by atoms with E-state index in [2.05, 4.69) is 5.32 Å². The van der Waals surface area contributed by atoms with Crippen molar-refractivity contribution in [3.8, 4) is 0 Å². The van der Waals surface area contributed by atoms with Crippen LogP contribution in [-0.2, 0) is 26.2 Å². The molecule has 0 aliphatic rings. The molecule has 7 nitrogen and oxygen atoms in total. The smallest absolute Gasteiger partial charge is 0.244 e. The van der Waals surface area contributed by atoms with Crippen LogP contribution in [0.2, 0.25) is 10.0 Å². The maximum atomic E-state index is 13.3. The SMILES string of the molecule is CCNC(=O)C(C)N(Cc1ccc(F)cc1)C(=O)CN(c1cc(Cl)cc(Cl)c1)S(C)(=O)=O. The first-order valence-electron chi connectivity index (χ1n) is 9.67. The van der Waals surface area contributed by atoms with Gasteiger partial charge in [-0.05, 0) is 49.7 Å². The minimum absolute atomic E-state index is 0.0225. The summed E-state index contributed by atoms with van der Waals surface area (Å²) < 4.78 is 39.1. The number of anilines is 1. The van der Waals surface area contributed by atoms with E-state index in [0.717, 1.165) is 10.6 Å². The summed E-state index contributed by atoms with van der Waals surface area (Å²) in [5, 5.41) is 3.05. The Bertz CT molecular complexity index is 1060. The average molecular weight is 504 g/mol. The molecule has 0 radical (unpaired) electrons. The number of nitrogens with zero attached hydrogens (tertiary/aromatic N) is 2. The molecule has 174 valence electrons. The first-order chi connectivity index (χ1) is 14.9. The van der Waals surface area contributed by atoms with Gasteiger partial charge in [-0.2, -0.15) is 0 Å². The summed E-state index contributed by atoms with van der Waals surface area (Å²) in [4.78, 5) is 26.9. The van der Waals surface area contributed by atoms with Gasteiger partial charge in [0.15, 0.2) is 0 Å². The van der Waals surface area contributed by atoms with Crippen molar-refractivity contribution in [2.75, 3.05) is 23.7 Å². The zero-order valence-corrected chi connectivity index (χ0v) is 20.1. The lowest BCUT2D eigenvalue weighted by Gasteiger charge is -2.31. The topological polar surface area (TPSA) is 86.8 Å². The summed E-state index contributed by atoms with van der Waals surface area (Å²) in [6.07, 6.45) is 0.951. The molecule has 0 aliphatic carbocycles. The molecule has 1 atom stereocenters. The van der Waals surface area contributed by atoms with Crippen molar-refractivity contribution in [1.29, 1.82) is 0 Å². The van der Waals surface area contributed by atoms with E-state index < -0.39 is 40.2 Å². The summed E-state index contributed by atoms with van der Waals surface area (Å²) in [5.74, 6) is -1.47. The minimum atomic E-state index is -3.90. The highest BCUT2D eigenvalue weighted by Gasteiger charge is 2.30. The van der Waals surface area contributed by atoms with E-state index in [9.17, 15) is 22.4 Å². The number of sulfonamides is 1. The fourth-order valence-corrected chi connectivity index (χ4v) is 4.34. The lowest BCUT2D eigenvalue weighted by Crippen LogP contribution is -2.51. The second-order valence-corrected chi connectivity index (χ2v) is 9.90. The van der Waals surface area contributed by atoms with E-state index in [0.29, 0.717) is 12.1 Å². The lowest BCUT2D eigenvalue weighted by atomic mass is 10.1. The van der Waals surface area contributed by atoms with Crippen molar-refractivity contribution in [3.05, 3.63) is 63.9 Å². The van der Waals surface area contributed by atoms with Gasteiger partial charge in [-0.3, -0.25) is 13.9 Å². The first kappa shape index (κ1) is 25.9. The molecule has 0 spiro atoms. The highest BCUT2D eigenvalue weighted by atomic mass is 35.5. The predicted octanol–water partition coefficient (Wildman–Crippen LogP) is 3.45. The van der Waals surface area contributed by atoms with Crippen molar-refractivity contribution >= 4 is 50.7 Å². The van der Waals surface area contributed by atoms with E-state index in [1.54, 1.807) is 6.92 Å². The summed E-state index contributed by atoms with van der Waals surface area (Å²) in [6.45, 7) is 3.03. The standard InChI is InChI=1S/C21H24Cl2FN3O4S/c1-4-25-21(29)14(2)26(12-15-5-7-18(24)8-6-15)20(28)13-27(32(3,30)31)19-10-16(22)9-17(23)11-19/h5-11,14H,4,12-13H2,1-3H3,(H,25,29). The van der Waals surface area contributed by atoms with Crippen LogP contribution >= 0.6 is 23.2 Å². The maximum absolute atomic E-state index is 13.3. The minimum Gasteiger partial charge on any atom is -0.355 e. The number of carbonyl (C=O) groups excluding carboxylic acids is 2. The molecular weight excluding hydrogens is 480 g/mol. The number of rotatable bonds is 9. The third kappa shape index (κ3) is 7.08. The summed E-state index contributed by atoms with van der Waals surface area (Å²) >= 11 is 12.0. The van der Waals surface area contributed by atoms with Gasteiger partial charge in [-0.1, -0.05) is 35.3 Å². The van der Waals surface area contributed by atoms with E-state index in [4.69, 9.17) is 23.2 Å². The molecule has 2 rings (SSSR count). The molecule has 0 fully saturated rings. The Morgan fingerprint density at radius 2 is 1.66 bits per heavy atom. The van der Waals surface area contributed by atoms with E-state index >= 15 is 0 Å². The van der Waals surface area contributed by atoms with Gasteiger partial charge in [0.2, 0.25) is 21.8 Å². The Labute approximate surface area is 197 Å². The molecule has 2 amide bonds. The van der Waals surface area contributed by atoms with E-state index in [-0.39, 0.29) is 22.3 Å². The molecule has 0 aromatic heterocycles. The fraction of sp³-hybridized carbons (Fsp3) is 0.333. The van der Waals surface area contributed by atoms with Crippen molar-refractivity contribution in [1.82, 2.24) is 10.2 Å². The number of halogens is 3. The van der Waals surface area contributed by atoms with Gasteiger partial charge in [0.25, 0.3) is 0 Å². The van der Waals surface area contributed by atoms with Crippen LogP contribution in [-0.4, -0.2) is 50.5 Å². The first-order valence-corrected chi connectivity index (χ1v) is 12.3. The van der Waals surface area contributed by atoms with Crippen molar-refractivity contribution < 1.29 is 22.4 Å². The van der Waals surface area contributed by atoms with Gasteiger partial charge in [-0.15, -0.1) is 0 Å². The molecule has 1 N–H and O–H groups in total. The highest BCUT2D eigenvalue weighted by Crippen LogP contribution is 2.27. The van der Waals surface area contributed by atoms with Crippen LogP contribution in [0.15, 0.2) is 42.5 Å². The van der Waals surface area contributed by atoms with Gasteiger partial charge < -0.3 is 10.2 Å². The number of hydrogen-bond donors (Lipinski definition) is 1. The number of likely N-dealkylation sites (N-methyl/N-ethyl adjacent to an activating group) is 1. The highest BCUT2D eigenvalue weighted by molar-refractivity contribution is 7.92. The van der Waals surface area contributed by atoms with Crippen LogP contribution in [0.3, 0.4) is 0 Å².